The molecule has 0 spiro atoms. The Balaban J connectivity index is 2.30. The second-order valence-electron chi connectivity index (χ2n) is 4.81. The Morgan fingerprint density at radius 1 is 1.31 bits per heavy atom. The van der Waals surface area contributed by atoms with E-state index in [2.05, 4.69) is 12.2 Å². The lowest BCUT2D eigenvalue weighted by Gasteiger charge is -2.15. The topological polar surface area (TPSA) is 46.2 Å². The Hall–Kier alpha value is -0.0900. The second kappa shape index (κ2) is 6.60. The third-order valence-corrected chi connectivity index (χ3v) is 6.04. The van der Waals surface area contributed by atoms with Gasteiger partial charge >= 0.3 is 0 Å². The van der Waals surface area contributed by atoms with Crippen molar-refractivity contribution in [3.05, 3.63) is 0 Å². The van der Waals surface area contributed by atoms with Gasteiger partial charge in [-0.25, -0.2) is 8.42 Å². The summed E-state index contributed by atoms with van der Waals surface area (Å²) in [5, 5.41) is 3.19. The van der Waals surface area contributed by atoms with Gasteiger partial charge in [0.05, 0.1) is 11.0 Å². The molecule has 1 fully saturated rings. The normalized spacial score (nSPS) is 20.1. The SMILES string of the molecule is CCC(CCCS(=O)(=O)C1CCCC1)NC. The summed E-state index contributed by atoms with van der Waals surface area (Å²) in [7, 11) is -0.856. The highest BCUT2D eigenvalue weighted by Crippen LogP contribution is 2.25. The molecule has 1 aliphatic rings. The maximum atomic E-state index is 12.0. The first-order valence-corrected chi connectivity index (χ1v) is 8.20. The zero-order valence-electron chi connectivity index (χ0n) is 10.5. The highest BCUT2D eigenvalue weighted by Gasteiger charge is 2.28. The van der Waals surface area contributed by atoms with Crippen LogP contribution in [-0.4, -0.2) is 32.5 Å². The minimum atomic E-state index is -2.80. The molecule has 4 heteroatoms. The fraction of sp³-hybridized carbons (Fsp3) is 1.00. The smallest absolute Gasteiger partial charge is 0.153 e. The van der Waals surface area contributed by atoms with Crippen LogP contribution in [0.15, 0.2) is 0 Å². The number of rotatable bonds is 7. The summed E-state index contributed by atoms with van der Waals surface area (Å²) in [5.41, 5.74) is 0. The molecule has 0 aromatic carbocycles. The van der Waals surface area contributed by atoms with Crippen LogP contribution in [0.3, 0.4) is 0 Å². The van der Waals surface area contributed by atoms with Crippen molar-refractivity contribution in [2.45, 2.75) is 63.2 Å². The van der Waals surface area contributed by atoms with Crippen LogP contribution in [0.4, 0.5) is 0 Å². The summed E-state index contributed by atoms with van der Waals surface area (Å²) >= 11 is 0. The molecular weight excluding hydrogens is 222 g/mol. The van der Waals surface area contributed by atoms with E-state index >= 15 is 0 Å². The molecule has 1 aliphatic carbocycles. The zero-order chi connectivity index (χ0) is 12.0. The molecule has 0 aromatic rings. The van der Waals surface area contributed by atoms with Crippen molar-refractivity contribution >= 4 is 9.84 Å². The van der Waals surface area contributed by atoms with Crippen molar-refractivity contribution in [2.75, 3.05) is 12.8 Å². The molecule has 1 unspecified atom stereocenters. The summed E-state index contributed by atoms with van der Waals surface area (Å²) in [6.07, 6.45) is 6.82. The minimum absolute atomic E-state index is 0.0258. The second-order valence-corrected chi connectivity index (χ2v) is 7.21. The molecule has 1 saturated carbocycles. The molecule has 96 valence electrons. The highest BCUT2D eigenvalue weighted by atomic mass is 32.2. The molecule has 0 amide bonds. The van der Waals surface area contributed by atoms with Gasteiger partial charge < -0.3 is 5.32 Å². The molecular formula is C12H25NO2S. The maximum Gasteiger partial charge on any atom is 0.153 e. The van der Waals surface area contributed by atoms with Crippen molar-refractivity contribution in [3.63, 3.8) is 0 Å². The fourth-order valence-electron chi connectivity index (χ4n) is 2.50. The first kappa shape index (κ1) is 14.0. The van der Waals surface area contributed by atoms with Crippen LogP contribution in [-0.2, 0) is 9.84 Å². The standard InChI is InChI=1S/C12H25NO2S/c1-3-11(13-2)7-6-10-16(14,15)12-8-4-5-9-12/h11-13H,3-10H2,1-2H3. The van der Waals surface area contributed by atoms with E-state index < -0.39 is 9.84 Å². The number of hydrogen-bond acceptors (Lipinski definition) is 3. The predicted molar refractivity (Wildman–Crippen MR) is 68.4 cm³/mol. The third-order valence-electron chi connectivity index (χ3n) is 3.69. The van der Waals surface area contributed by atoms with E-state index in [0.717, 1.165) is 44.9 Å². The molecule has 0 aliphatic heterocycles. The van der Waals surface area contributed by atoms with E-state index in [1.165, 1.54) is 0 Å². The number of sulfone groups is 1. The first-order valence-electron chi connectivity index (χ1n) is 6.49. The van der Waals surface area contributed by atoms with Crippen LogP contribution >= 0.6 is 0 Å². The molecule has 0 radical (unpaired) electrons. The lowest BCUT2D eigenvalue weighted by molar-refractivity contribution is 0.499. The number of nitrogens with one attached hydrogen (secondary N) is 1. The van der Waals surface area contributed by atoms with Crippen molar-refractivity contribution in [1.29, 1.82) is 0 Å². The zero-order valence-corrected chi connectivity index (χ0v) is 11.4. The highest BCUT2D eigenvalue weighted by molar-refractivity contribution is 7.92. The van der Waals surface area contributed by atoms with Crippen molar-refractivity contribution in [1.82, 2.24) is 5.32 Å². The molecule has 0 heterocycles. The molecule has 1 atom stereocenters. The van der Waals surface area contributed by atoms with Gasteiger partial charge in [-0.1, -0.05) is 19.8 Å². The van der Waals surface area contributed by atoms with Gasteiger partial charge in [0.1, 0.15) is 0 Å². The van der Waals surface area contributed by atoms with Crippen molar-refractivity contribution in [2.24, 2.45) is 0 Å². The van der Waals surface area contributed by atoms with Crippen LogP contribution in [0.25, 0.3) is 0 Å². The van der Waals surface area contributed by atoms with E-state index in [1.54, 1.807) is 0 Å². The van der Waals surface area contributed by atoms with Crippen molar-refractivity contribution < 1.29 is 8.42 Å². The van der Waals surface area contributed by atoms with Gasteiger partial charge in [-0.15, -0.1) is 0 Å². The van der Waals surface area contributed by atoms with Crippen LogP contribution in [0.1, 0.15) is 51.9 Å². The monoisotopic (exact) mass is 247 g/mol. The Labute approximate surface area is 99.9 Å². The van der Waals surface area contributed by atoms with Crippen molar-refractivity contribution in [3.8, 4) is 0 Å². The van der Waals surface area contributed by atoms with Gasteiger partial charge in [0.2, 0.25) is 0 Å². The van der Waals surface area contributed by atoms with Crippen LogP contribution in [0.5, 0.6) is 0 Å². The van der Waals surface area contributed by atoms with Crippen LogP contribution < -0.4 is 5.32 Å². The predicted octanol–water partition coefficient (Wildman–Crippen LogP) is 2.12. The summed E-state index contributed by atoms with van der Waals surface area (Å²) in [6, 6.07) is 0.471. The van der Waals surface area contributed by atoms with E-state index in [4.69, 9.17) is 0 Å². The summed E-state index contributed by atoms with van der Waals surface area (Å²) in [5.74, 6) is 0.385. The Kier molecular flexibility index (Phi) is 5.76. The molecule has 0 bridgehead atoms. The van der Waals surface area contributed by atoms with Gasteiger partial charge in [-0.2, -0.15) is 0 Å². The quantitative estimate of drug-likeness (QED) is 0.749. The lowest BCUT2D eigenvalue weighted by atomic mass is 10.1. The largest absolute Gasteiger partial charge is 0.317 e. The maximum absolute atomic E-state index is 12.0. The molecule has 16 heavy (non-hydrogen) atoms. The first-order chi connectivity index (χ1) is 7.60. The number of hydrogen-bond donors (Lipinski definition) is 1. The van der Waals surface area contributed by atoms with Crippen LogP contribution in [0, 0.1) is 0 Å². The molecule has 1 rings (SSSR count). The molecule has 1 N–H and O–H groups in total. The Morgan fingerprint density at radius 3 is 2.44 bits per heavy atom. The van der Waals surface area contributed by atoms with E-state index in [0.29, 0.717) is 11.8 Å². The minimum Gasteiger partial charge on any atom is -0.317 e. The van der Waals surface area contributed by atoms with E-state index in [1.807, 2.05) is 7.05 Å². The summed E-state index contributed by atoms with van der Waals surface area (Å²) in [6.45, 7) is 2.13. The molecule has 0 saturated heterocycles. The van der Waals surface area contributed by atoms with Gasteiger partial charge in [-0.05, 0) is 39.2 Å². The average Bonchev–Trinajstić information content (AvgIpc) is 2.78. The summed E-state index contributed by atoms with van der Waals surface area (Å²) < 4.78 is 23.9. The van der Waals surface area contributed by atoms with Gasteiger partial charge in [-0.3, -0.25) is 0 Å². The van der Waals surface area contributed by atoms with Gasteiger partial charge in [0.15, 0.2) is 9.84 Å². The Bertz CT molecular complexity index is 277. The Morgan fingerprint density at radius 2 is 1.94 bits per heavy atom. The fourth-order valence-corrected chi connectivity index (χ4v) is 4.45. The van der Waals surface area contributed by atoms with Gasteiger partial charge in [0.25, 0.3) is 0 Å². The third kappa shape index (κ3) is 4.06. The van der Waals surface area contributed by atoms with Crippen LogP contribution in [0.2, 0.25) is 0 Å². The van der Waals surface area contributed by atoms with Gasteiger partial charge in [0, 0.05) is 6.04 Å². The van der Waals surface area contributed by atoms with E-state index in [-0.39, 0.29) is 5.25 Å². The van der Waals surface area contributed by atoms with E-state index in [9.17, 15) is 8.42 Å². The molecule has 3 nitrogen and oxygen atoms in total. The average molecular weight is 247 g/mol. The lowest BCUT2D eigenvalue weighted by Crippen LogP contribution is -2.26. The summed E-state index contributed by atoms with van der Waals surface area (Å²) in [4.78, 5) is 0. The molecule has 0 aromatic heterocycles.